The zero-order chi connectivity index (χ0) is 15.6. The Morgan fingerprint density at radius 3 is 2.81 bits per heavy atom. The van der Waals surface area contributed by atoms with Crippen LogP contribution in [0.2, 0.25) is 0 Å². The highest BCUT2D eigenvalue weighted by Crippen LogP contribution is 2.38. The molecule has 0 amide bonds. The number of methoxy groups -OCH3 is 1. The second-order valence-electron chi connectivity index (χ2n) is 5.55. The van der Waals surface area contributed by atoms with Crippen molar-refractivity contribution in [3.8, 4) is 5.88 Å². The van der Waals surface area contributed by atoms with E-state index in [0.717, 1.165) is 43.1 Å². The van der Waals surface area contributed by atoms with E-state index in [4.69, 9.17) is 9.88 Å². The third kappa shape index (κ3) is 3.75. The Balaban J connectivity index is 2.12. The van der Waals surface area contributed by atoms with Crippen molar-refractivity contribution in [1.29, 1.82) is 0 Å². The molecule has 21 heavy (non-hydrogen) atoms. The summed E-state index contributed by atoms with van der Waals surface area (Å²) < 4.78 is 29.3. The number of rotatable bonds is 6. The van der Waals surface area contributed by atoms with Crippen LogP contribution in [0.5, 0.6) is 5.88 Å². The van der Waals surface area contributed by atoms with Gasteiger partial charge in [0.05, 0.1) is 24.1 Å². The van der Waals surface area contributed by atoms with Gasteiger partial charge < -0.3 is 4.74 Å². The fourth-order valence-electron chi connectivity index (χ4n) is 3.17. The largest absolute Gasteiger partial charge is 0.481 e. The lowest BCUT2D eigenvalue weighted by Gasteiger charge is -2.24. The summed E-state index contributed by atoms with van der Waals surface area (Å²) in [5.41, 5.74) is 2.09. The molecule has 1 aliphatic rings. The summed E-state index contributed by atoms with van der Waals surface area (Å²) in [6.07, 6.45) is 2.69. The molecule has 1 fully saturated rings. The molecule has 2 heterocycles. The van der Waals surface area contributed by atoms with Crippen molar-refractivity contribution in [3.05, 3.63) is 11.3 Å². The van der Waals surface area contributed by atoms with E-state index >= 15 is 0 Å². The lowest BCUT2D eigenvalue weighted by atomic mass is 10.0. The number of aromatic nitrogens is 2. The van der Waals surface area contributed by atoms with Crippen LogP contribution in [0.3, 0.4) is 0 Å². The summed E-state index contributed by atoms with van der Waals surface area (Å²) in [5, 5.41) is 9.49. The first-order valence-corrected chi connectivity index (χ1v) is 8.87. The summed E-state index contributed by atoms with van der Waals surface area (Å²) in [7, 11) is 0.141. The highest BCUT2D eigenvalue weighted by molar-refractivity contribution is 7.89. The number of aryl methyl sites for hydroxylation is 2. The number of ether oxygens (including phenoxy) is 1. The van der Waals surface area contributed by atoms with Crippen molar-refractivity contribution in [3.63, 3.8) is 0 Å². The number of hydrogen-bond donors (Lipinski definition) is 1. The highest BCUT2D eigenvalue weighted by atomic mass is 32.2. The Labute approximate surface area is 126 Å². The molecule has 1 aromatic heterocycles. The Hall–Kier alpha value is -1.12. The molecular formula is C13H24N4O3S. The average Bonchev–Trinajstić information content (AvgIpc) is 2.91. The first-order valence-electron chi connectivity index (χ1n) is 7.15. The number of nitrogens with zero attached hydrogens (tertiary/aromatic N) is 3. The number of primary sulfonamides is 1. The van der Waals surface area contributed by atoms with Crippen molar-refractivity contribution < 1.29 is 13.2 Å². The molecule has 1 saturated heterocycles. The van der Waals surface area contributed by atoms with Crippen molar-refractivity contribution in [2.24, 2.45) is 12.2 Å². The van der Waals surface area contributed by atoms with E-state index in [1.165, 1.54) is 0 Å². The summed E-state index contributed by atoms with van der Waals surface area (Å²) in [5.74, 6) is 0.815. The van der Waals surface area contributed by atoms with E-state index in [1.54, 1.807) is 11.8 Å². The van der Waals surface area contributed by atoms with E-state index in [1.807, 2.05) is 14.0 Å². The summed E-state index contributed by atoms with van der Waals surface area (Å²) in [6, 6.07) is 0.245. The van der Waals surface area contributed by atoms with Gasteiger partial charge in [0, 0.05) is 13.1 Å². The minimum atomic E-state index is -3.38. The lowest BCUT2D eigenvalue weighted by molar-refractivity contribution is 0.250. The fourth-order valence-corrected chi connectivity index (χ4v) is 3.70. The zero-order valence-electron chi connectivity index (χ0n) is 12.9. The Morgan fingerprint density at radius 2 is 2.19 bits per heavy atom. The second kappa shape index (κ2) is 6.33. The van der Waals surface area contributed by atoms with E-state index in [-0.39, 0.29) is 11.8 Å². The third-order valence-electron chi connectivity index (χ3n) is 3.98. The van der Waals surface area contributed by atoms with Gasteiger partial charge in [-0.1, -0.05) is 0 Å². The molecule has 1 aliphatic heterocycles. The SMILES string of the molecule is COc1c([C@@H]2CCCN2CCCS(N)(=O)=O)c(C)nn1C. The molecule has 7 nitrogen and oxygen atoms in total. The normalized spacial score (nSPS) is 20.1. The molecule has 0 aromatic carbocycles. The van der Waals surface area contributed by atoms with Gasteiger partial charge in [0.25, 0.3) is 0 Å². The van der Waals surface area contributed by atoms with Gasteiger partial charge in [-0.25, -0.2) is 18.2 Å². The van der Waals surface area contributed by atoms with Crippen LogP contribution in [0.15, 0.2) is 0 Å². The molecule has 0 radical (unpaired) electrons. The molecule has 2 rings (SSSR count). The first-order chi connectivity index (χ1) is 9.83. The molecule has 0 aliphatic carbocycles. The smallest absolute Gasteiger partial charge is 0.216 e. The number of likely N-dealkylation sites (tertiary alicyclic amines) is 1. The molecule has 0 spiro atoms. The Morgan fingerprint density at radius 1 is 1.48 bits per heavy atom. The molecule has 1 atom stereocenters. The quantitative estimate of drug-likeness (QED) is 0.828. The van der Waals surface area contributed by atoms with Crippen LogP contribution in [-0.4, -0.2) is 49.1 Å². The number of nitrogens with two attached hydrogens (primary N) is 1. The van der Waals surface area contributed by atoms with Crippen molar-refractivity contribution in [1.82, 2.24) is 14.7 Å². The minimum Gasteiger partial charge on any atom is -0.481 e. The van der Waals surface area contributed by atoms with Gasteiger partial charge in [0.15, 0.2) is 0 Å². The van der Waals surface area contributed by atoms with Gasteiger partial charge in [-0.3, -0.25) is 4.90 Å². The van der Waals surface area contributed by atoms with Crippen molar-refractivity contribution in [2.75, 3.05) is 26.0 Å². The molecule has 1 aromatic rings. The fraction of sp³-hybridized carbons (Fsp3) is 0.769. The van der Waals surface area contributed by atoms with Gasteiger partial charge >= 0.3 is 0 Å². The maximum Gasteiger partial charge on any atom is 0.216 e. The highest BCUT2D eigenvalue weighted by Gasteiger charge is 2.31. The van der Waals surface area contributed by atoms with Gasteiger partial charge in [0.1, 0.15) is 0 Å². The molecule has 0 unspecified atom stereocenters. The first kappa shape index (κ1) is 16.3. The number of hydrogen-bond acceptors (Lipinski definition) is 5. The van der Waals surface area contributed by atoms with Crippen LogP contribution in [-0.2, 0) is 17.1 Å². The van der Waals surface area contributed by atoms with E-state index in [0.29, 0.717) is 6.42 Å². The van der Waals surface area contributed by atoms with Gasteiger partial charge in [-0.15, -0.1) is 0 Å². The molecule has 2 N–H and O–H groups in total. The summed E-state index contributed by atoms with van der Waals surface area (Å²) in [6.45, 7) is 3.67. The Bertz CT molecular complexity index is 597. The zero-order valence-corrected chi connectivity index (χ0v) is 13.7. The van der Waals surface area contributed by atoms with E-state index in [2.05, 4.69) is 10.00 Å². The van der Waals surface area contributed by atoms with Gasteiger partial charge in [-0.05, 0) is 39.3 Å². The Kier molecular flexibility index (Phi) is 4.90. The molecule has 120 valence electrons. The lowest BCUT2D eigenvalue weighted by Crippen LogP contribution is -2.27. The van der Waals surface area contributed by atoms with Crippen LogP contribution >= 0.6 is 0 Å². The van der Waals surface area contributed by atoms with Crippen molar-refractivity contribution >= 4 is 10.0 Å². The van der Waals surface area contributed by atoms with Gasteiger partial charge in [-0.2, -0.15) is 5.10 Å². The van der Waals surface area contributed by atoms with Crippen LogP contribution in [0.25, 0.3) is 0 Å². The molecular weight excluding hydrogens is 292 g/mol. The molecule has 8 heteroatoms. The average molecular weight is 316 g/mol. The standard InChI is InChI=1S/C13H24N4O3S/c1-10-12(13(20-3)16(2)15-10)11-6-4-7-17(11)8-5-9-21(14,18)19/h11H,4-9H2,1-3H3,(H2,14,18,19)/t11-/m0/s1. The van der Waals surface area contributed by atoms with Crippen LogP contribution in [0.1, 0.15) is 36.6 Å². The van der Waals surface area contributed by atoms with Crippen molar-refractivity contribution in [2.45, 2.75) is 32.2 Å². The number of sulfonamides is 1. The van der Waals surface area contributed by atoms with E-state index < -0.39 is 10.0 Å². The van der Waals surface area contributed by atoms with E-state index in [9.17, 15) is 8.42 Å². The topological polar surface area (TPSA) is 90.4 Å². The maximum absolute atomic E-state index is 11.0. The second-order valence-corrected chi connectivity index (χ2v) is 7.28. The summed E-state index contributed by atoms with van der Waals surface area (Å²) in [4.78, 5) is 2.30. The predicted octanol–water partition coefficient (Wildman–Crippen LogP) is 0.553. The van der Waals surface area contributed by atoms with Crippen LogP contribution in [0.4, 0.5) is 0 Å². The van der Waals surface area contributed by atoms with Crippen LogP contribution in [0, 0.1) is 6.92 Å². The summed E-state index contributed by atoms with van der Waals surface area (Å²) >= 11 is 0. The van der Waals surface area contributed by atoms with Crippen LogP contribution < -0.4 is 9.88 Å². The van der Waals surface area contributed by atoms with Gasteiger partial charge in [0.2, 0.25) is 15.9 Å². The molecule has 0 bridgehead atoms. The third-order valence-corrected chi connectivity index (χ3v) is 4.84. The predicted molar refractivity (Wildman–Crippen MR) is 80.6 cm³/mol. The maximum atomic E-state index is 11.0. The molecule has 0 saturated carbocycles. The minimum absolute atomic E-state index is 0.0272. The monoisotopic (exact) mass is 316 g/mol.